The van der Waals surface area contributed by atoms with Gasteiger partial charge in [-0.15, -0.1) is 0 Å². The first kappa shape index (κ1) is 33.7. The van der Waals surface area contributed by atoms with Gasteiger partial charge >= 0.3 is 0 Å². The van der Waals surface area contributed by atoms with Crippen molar-refractivity contribution in [3.8, 4) is 0 Å². The predicted octanol–water partition coefficient (Wildman–Crippen LogP) is 5.76. The molecule has 1 saturated heterocycles. The van der Waals surface area contributed by atoms with Crippen LogP contribution in [-0.2, 0) is 21.2 Å². The third kappa shape index (κ3) is 7.96. The van der Waals surface area contributed by atoms with Crippen molar-refractivity contribution >= 4 is 33.2 Å². The summed E-state index contributed by atoms with van der Waals surface area (Å²) in [6, 6.07) is 10.1. The summed E-state index contributed by atoms with van der Waals surface area (Å²) in [6.07, 6.45) is 6.68. The Kier molecular flexibility index (Phi) is 12.1. The molecule has 4 N–H and O–H groups in total. The summed E-state index contributed by atoms with van der Waals surface area (Å²) in [4.78, 5) is 13.5. The number of nitrogens with zero attached hydrogens (tertiary/aromatic N) is 1. The van der Waals surface area contributed by atoms with Gasteiger partial charge in [0.1, 0.15) is 5.82 Å². The van der Waals surface area contributed by atoms with Crippen LogP contribution in [0.4, 0.5) is 10.1 Å². The Morgan fingerprint density at radius 1 is 1.26 bits per heavy atom. The van der Waals surface area contributed by atoms with Crippen LogP contribution in [0.25, 0.3) is 0 Å². The summed E-state index contributed by atoms with van der Waals surface area (Å²) in [7, 11) is -3.84. The minimum absolute atomic E-state index is 0.0347. The Labute approximate surface area is 254 Å². The Bertz CT molecular complexity index is 1430. The molecule has 1 aliphatic rings. The van der Waals surface area contributed by atoms with E-state index in [1.165, 1.54) is 28.6 Å². The van der Waals surface area contributed by atoms with Gasteiger partial charge < -0.3 is 16.4 Å². The molecule has 10 heteroatoms. The molecule has 1 unspecified atom stereocenters. The lowest BCUT2D eigenvalue weighted by atomic mass is 9.82. The van der Waals surface area contributed by atoms with Crippen molar-refractivity contribution in [1.29, 1.82) is 0 Å². The number of nitrogens with two attached hydrogens (primary N) is 1. The predicted molar refractivity (Wildman–Crippen MR) is 170 cm³/mol. The van der Waals surface area contributed by atoms with Crippen LogP contribution in [0.2, 0.25) is 5.02 Å². The maximum absolute atomic E-state index is 15.2. The van der Waals surface area contributed by atoms with Crippen molar-refractivity contribution in [2.75, 3.05) is 18.4 Å². The van der Waals surface area contributed by atoms with Crippen molar-refractivity contribution in [3.05, 3.63) is 100 Å². The zero-order valence-corrected chi connectivity index (χ0v) is 26.3. The second-order valence-electron chi connectivity index (χ2n) is 10.9. The number of sulfonamides is 1. The smallest absolute Gasteiger partial charge is 0.243 e. The van der Waals surface area contributed by atoms with Crippen molar-refractivity contribution in [3.63, 3.8) is 0 Å². The van der Waals surface area contributed by atoms with Gasteiger partial charge in [-0.25, -0.2) is 12.8 Å². The summed E-state index contributed by atoms with van der Waals surface area (Å²) in [5.74, 6) is -1.20. The Morgan fingerprint density at radius 2 is 1.98 bits per heavy atom. The van der Waals surface area contributed by atoms with Gasteiger partial charge in [-0.3, -0.25) is 4.79 Å². The van der Waals surface area contributed by atoms with E-state index in [-0.39, 0.29) is 29.2 Å². The molecule has 2 aromatic carbocycles. The van der Waals surface area contributed by atoms with Gasteiger partial charge in [0.05, 0.1) is 10.9 Å². The summed E-state index contributed by atoms with van der Waals surface area (Å²) in [6.45, 7) is 12.1. The Balaban J connectivity index is 1.85. The average Bonchev–Trinajstić information content (AvgIpc) is 2.92. The van der Waals surface area contributed by atoms with E-state index in [0.717, 1.165) is 5.56 Å². The highest BCUT2D eigenvalue weighted by atomic mass is 35.5. The number of rotatable bonds is 12. The number of hydrogen-bond acceptors (Lipinski definition) is 5. The maximum atomic E-state index is 15.2. The highest BCUT2D eigenvalue weighted by molar-refractivity contribution is 7.93. The van der Waals surface area contributed by atoms with Gasteiger partial charge in [0.2, 0.25) is 15.9 Å². The number of piperazine rings is 1. The second kappa shape index (κ2) is 15.1. The molecular formula is C32H42ClFN4O3S. The van der Waals surface area contributed by atoms with Gasteiger partial charge in [-0.2, -0.15) is 4.31 Å². The van der Waals surface area contributed by atoms with Crippen molar-refractivity contribution in [2.24, 2.45) is 11.7 Å². The molecule has 1 heterocycles. The average molecular weight is 617 g/mol. The third-order valence-corrected chi connectivity index (χ3v) is 9.86. The molecule has 0 aromatic heterocycles. The number of hydrogen-bond donors (Lipinski definition) is 3. The quantitative estimate of drug-likeness (QED) is 0.263. The van der Waals surface area contributed by atoms with E-state index in [2.05, 4.69) is 17.2 Å². The lowest BCUT2D eigenvalue weighted by Gasteiger charge is -2.40. The second-order valence-corrected chi connectivity index (χ2v) is 13.2. The number of anilines is 1. The number of carbonyl (C=O) groups is 1. The molecule has 3 rings (SSSR count). The van der Waals surface area contributed by atoms with E-state index < -0.39 is 33.8 Å². The molecule has 0 spiro atoms. The molecular weight excluding hydrogens is 575 g/mol. The summed E-state index contributed by atoms with van der Waals surface area (Å²) < 4.78 is 44.1. The fourth-order valence-corrected chi connectivity index (χ4v) is 7.77. The number of allylic oxidation sites excluding steroid dienone is 4. The first-order valence-corrected chi connectivity index (χ1v) is 16.0. The first-order valence-electron chi connectivity index (χ1n) is 14.2. The Hall–Kier alpha value is -2.82. The normalized spacial score (nSPS) is 20.0. The Morgan fingerprint density at radius 3 is 2.62 bits per heavy atom. The van der Waals surface area contributed by atoms with Gasteiger partial charge in [0, 0.05) is 47.4 Å². The van der Waals surface area contributed by atoms with Crippen molar-refractivity contribution in [1.82, 2.24) is 9.62 Å². The fourth-order valence-electron chi connectivity index (χ4n) is 5.63. The number of carbonyl (C=O) groups excluding carboxylic acids is 1. The molecule has 42 heavy (non-hydrogen) atoms. The van der Waals surface area contributed by atoms with E-state index in [1.807, 2.05) is 32.9 Å². The first-order chi connectivity index (χ1) is 19.9. The lowest BCUT2D eigenvalue weighted by Crippen LogP contribution is -2.58. The zero-order chi connectivity index (χ0) is 31.0. The monoisotopic (exact) mass is 616 g/mol. The third-order valence-electron chi connectivity index (χ3n) is 7.55. The summed E-state index contributed by atoms with van der Waals surface area (Å²) >= 11 is 6.20. The van der Waals surface area contributed by atoms with E-state index >= 15 is 4.39 Å². The SMILES string of the molecule is C=C/C=C(\C=C/C)S(=O)(=O)N1[C@@H](CCc2c(F)cccc2NC(=O)[C@@H](N)C(c2cccc(Cl)c2)C(C)C)CNC[C@H]1C. The minimum atomic E-state index is -3.84. The van der Waals surface area contributed by atoms with Crippen LogP contribution in [0.3, 0.4) is 0 Å². The molecule has 0 radical (unpaired) electrons. The number of amides is 1. The minimum Gasteiger partial charge on any atom is -0.324 e. The van der Waals surface area contributed by atoms with E-state index in [9.17, 15) is 13.2 Å². The van der Waals surface area contributed by atoms with Gasteiger partial charge in [0.15, 0.2) is 0 Å². The molecule has 0 aliphatic carbocycles. The summed E-state index contributed by atoms with van der Waals surface area (Å²) in [5.41, 5.74) is 7.95. The van der Waals surface area contributed by atoms with Gasteiger partial charge in [-0.1, -0.05) is 62.4 Å². The molecule has 1 fully saturated rings. The number of benzene rings is 2. The molecule has 0 saturated carbocycles. The largest absolute Gasteiger partial charge is 0.324 e. The highest BCUT2D eigenvalue weighted by Gasteiger charge is 2.38. The topological polar surface area (TPSA) is 105 Å². The molecule has 1 aliphatic heterocycles. The summed E-state index contributed by atoms with van der Waals surface area (Å²) in [5, 5.41) is 6.69. The standard InChI is InChI=1S/C32H42ClFN4O3S/c1-6-10-26(11-7-2)42(40,41)38-22(5)19-36-20-25(38)16-17-27-28(34)14-9-15-29(27)37-32(39)31(35)30(21(3)4)23-12-8-13-24(33)18-23/h6-15,18,21-22,25,30-31,36H,1,16-17,19-20,35H2,2-5H3,(H,37,39)/b11-7-,26-10+/t22-,25+,30?,31+/m1/s1. The molecule has 0 bridgehead atoms. The number of nitrogens with one attached hydrogen (secondary N) is 2. The van der Waals surface area contributed by atoms with Crippen molar-refractivity contribution in [2.45, 2.75) is 64.6 Å². The van der Waals surface area contributed by atoms with Crippen LogP contribution in [-0.4, -0.2) is 49.8 Å². The van der Waals surface area contributed by atoms with E-state index in [0.29, 0.717) is 35.8 Å². The van der Waals surface area contributed by atoms with Crippen LogP contribution in [0.15, 0.2) is 78.3 Å². The molecule has 228 valence electrons. The maximum Gasteiger partial charge on any atom is 0.243 e. The van der Waals surface area contributed by atoms with E-state index in [4.69, 9.17) is 17.3 Å². The molecule has 4 atom stereocenters. The van der Waals surface area contributed by atoms with Crippen LogP contribution in [0.1, 0.15) is 51.2 Å². The fraction of sp³-hybridized carbons (Fsp3) is 0.406. The number of halogens is 2. The van der Waals surface area contributed by atoms with Crippen LogP contribution in [0, 0.1) is 11.7 Å². The highest BCUT2D eigenvalue weighted by Crippen LogP contribution is 2.31. The molecule has 1 amide bonds. The van der Waals surface area contributed by atoms with Gasteiger partial charge in [0.25, 0.3) is 0 Å². The van der Waals surface area contributed by atoms with Gasteiger partial charge in [-0.05, 0) is 74.6 Å². The molecule has 7 nitrogen and oxygen atoms in total. The van der Waals surface area contributed by atoms with Crippen LogP contribution >= 0.6 is 11.6 Å². The zero-order valence-electron chi connectivity index (χ0n) is 24.7. The van der Waals surface area contributed by atoms with E-state index in [1.54, 1.807) is 37.3 Å². The lowest BCUT2D eigenvalue weighted by molar-refractivity contribution is -0.118. The molecule has 2 aromatic rings. The van der Waals surface area contributed by atoms with Crippen molar-refractivity contribution < 1.29 is 17.6 Å². The van der Waals surface area contributed by atoms with Crippen LogP contribution in [0.5, 0.6) is 0 Å². The van der Waals surface area contributed by atoms with Crippen LogP contribution < -0.4 is 16.4 Å².